The fraction of sp³-hybridized carbons (Fsp3) is 0.130. The first-order chi connectivity index (χ1) is 14.4. The highest BCUT2D eigenvalue weighted by atomic mass is 16.6. The Balaban J connectivity index is 1.49. The molecule has 1 N–H and O–H groups in total. The molecule has 7 heteroatoms. The van der Waals surface area contributed by atoms with Gasteiger partial charge in [-0.25, -0.2) is 0 Å². The van der Waals surface area contributed by atoms with Gasteiger partial charge < -0.3 is 10.1 Å². The highest BCUT2D eigenvalue weighted by molar-refractivity contribution is 5.93. The molecule has 3 rings (SSSR count). The van der Waals surface area contributed by atoms with E-state index in [1.165, 1.54) is 18.2 Å². The van der Waals surface area contributed by atoms with Gasteiger partial charge in [0.05, 0.1) is 11.3 Å². The zero-order chi connectivity index (χ0) is 21.5. The summed E-state index contributed by atoms with van der Waals surface area (Å²) in [5.74, 6) is -1.03. The van der Waals surface area contributed by atoms with Crippen LogP contribution >= 0.6 is 0 Å². The molecule has 0 aliphatic rings. The number of esters is 1. The molecule has 0 fully saturated rings. The van der Waals surface area contributed by atoms with Crippen LogP contribution in [0, 0.1) is 17.0 Å². The van der Waals surface area contributed by atoms with Gasteiger partial charge in [0.1, 0.15) is 0 Å². The van der Waals surface area contributed by atoms with Crippen LogP contribution in [0.2, 0.25) is 0 Å². The van der Waals surface area contributed by atoms with Crippen LogP contribution in [0.3, 0.4) is 0 Å². The van der Waals surface area contributed by atoms with E-state index < -0.39 is 23.4 Å². The highest BCUT2D eigenvalue weighted by Gasteiger charge is 2.12. The van der Waals surface area contributed by atoms with Crippen molar-refractivity contribution < 1.29 is 19.2 Å². The van der Waals surface area contributed by atoms with Gasteiger partial charge in [-0.1, -0.05) is 54.6 Å². The standard InChI is InChI=1S/C23H20N2O5/c1-16-13-20(25(28)29)11-12-21(16)24-22(26)15-30-23(27)14-17-7-9-19(10-8-17)18-5-3-2-4-6-18/h2-13H,14-15H2,1H3,(H,24,26). The molecule has 30 heavy (non-hydrogen) atoms. The second kappa shape index (κ2) is 9.47. The number of non-ortho nitro benzene ring substituents is 1. The molecule has 1 amide bonds. The first-order valence-electron chi connectivity index (χ1n) is 9.27. The monoisotopic (exact) mass is 404 g/mol. The van der Waals surface area contributed by atoms with Crippen molar-refractivity contribution >= 4 is 23.3 Å². The van der Waals surface area contributed by atoms with Crippen molar-refractivity contribution in [3.05, 3.63) is 94.0 Å². The molecule has 7 nitrogen and oxygen atoms in total. The Labute approximate surface area is 173 Å². The fourth-order valence-corrected chi connectivity index (χ4v) is 2.90. The molecule has 0 bridgehead atoms. The molecular weight excluding hydrogens is 384 g/mol. The third-order valence-corrected chi connectivity index (χ3v) is 4.47. The number of amides is 1. The number of hydrogen-bond acceptors (Lipinski definition) is 5. The SMILES string of the molecule is Cc1cc([N+](=O)[O-])ccc1NC(=O)COC(=O)Cc1ccc(-c2ccccc2)cc1. The molecule has 3 aromatic carbocycles. The average molecular weight is 404 g/mol. The highest BCUT2D eigenvalue weighted by Crippen LogP contribution is 2.21. The average Bonchev–Trinajstić information content (AvgIpc) is 2.75. The summed E-state index contributed by atoms with van der Waals surface area (Å²) in [6, 6.07) is 21.6. The van der Waals surface area contributed by atoms with Crippen molar-refractivity contribution in [2.24, 2.45) is 0 Å². The Morgan fingerprint density at radius 1 is 0.967 bits per heavy atom. The zero-order valence-electron chi connectivity index (χ0n) is 16.3. The number of carbonyl (C=O) groups is 2. The van der Waals surface area contributed by atoms with Gasteiger partial charge in [0, 0.05) is 17.8 Å². The summed E-state index contributed by atoms with van der Waals surface area (Å²) in [6.45, 7) is 1.21. The van der Waals surface area contributed by atoms with Gasteiger partial charge in [-0.3, -0.25) is 19.7 Å². The Bertz CT molecular complexity index is 1060. The van der Waals surface area contributed by atoms with Crippen LogP contribution in [0.1, 0.15) is 11.1 Å². The number of rotatable bonds is 7. The van der Waals surface area contributed by atoms with Gasteiger partial charge in [-0.15, -0.1) is 0 Å². The van der Waals surface area contributed by atoms with E-state index in [9.17, 15) is 19.7 Å². The van der Waals surface area contributed by atoms with Crippen LogP contribution in [-0.2, 0) is 20.7 Å². The molecule has 0 saturated carbocycles. The van der Waals surface area contributed by atoms with Gasteiger partial charge >= 0.3 is 5.97 Å². The van der Waals surface area contributed by atoms with E-state index in [0.717, 1.165) is 16.7 Å². The lowest BCUT2D eigenvalue weighted by molar-refractivity contribution is -0.384. The van der Waals surface area contributed by atoms with E-state index >= 15 is 0 Å². The Kier molecular flexibility index (Phi) is 6.54. The maximum Gasteiger partial charge on any atom is 0.310 e. The molecule has 0 aliphatic carbocycles. The van der Waals surface area contributed by atoms with E-state index in [0.29, 0.717) is 11.3 Å². The number of carbonyl (C=O) groups excluding carboxylic acids is 2. The number of nitrogens with one attached hydrogen (secondary N) is 1. The summed E-state index contributed by atoms with van der Waals surface area (Å²) in [5.41, 5.74) is 3.83. The van der Waals surface area contributed by atoms with E-state index in [-0.39, 0.29) is 12.1 Å². The van der Waals surface area contributed by atoms with E-state index in [4.69, 9.17) is 4.74 Å². The number of benzene rings is 3. The lowest BCUT2D eigenvalue weighted by atomic mass is 10.0. The third-order valence-electron chi connectivity index (χ3n) is 4.47. The van der Waals surface area contributed by atoms with E-state index in [2.05, 4.69) is 5.32 Å². The lowest BCUT2D eigenvalue weighted by Gasteiger charge is -2.09. The van der Waals surface area contributed by atoms with Crippen LogP contribution in [0.4, 0.5) is 11.4 Å². The van der Waals surface area contributed by atoms with Crippen molar-refractivity contribution in [3.63, 3.8) is 0 Å². The molecule has 0 heterocycles. The van der Waals surface area contributed by atoms with Crippen LogP contribution in [0.25, 0.3) is 11.1 Å². The van der Waals surface area contributed by atoms with Gasteiger partial charge in [0.2, 0.25) is 0 Å². The van der Waals surface area contributed by atoms with Gasteiger partial charge in [-0.05, 0) is 35.2 Å². The topological polar surface area (TPSA) is 98.5 Å². The van der Waals surface area contributed by atoms with Crippen LogP contribution in [0.15, 0.2) is 72.8 Å². The second-order valence-corrected chi connectivity index (χ2v) is 6.70. The van der Waals surface area contributed by atoms with Crippen LogP contribution in [-0.4, -0.2) is 23.4 Å². The van der Waals surface area contributed by atoms with Crippen molar-refractivity contribution in [2.75, 3.05) is 11.9 Å². The summed E-state index contributed by atoms with van der Waals surface area (Å²) >= 11 is 0. The molecule has 0 atom stereocenters. The molecule has 0 unspecified atom stereocenters. The Hall–Kier alpha value is -4.00. The van der Waals surface area contributed by atoms with E-state index in [1.807, 2.05) is 54.6 Å². The predicted molar refractivity (Wildman–Crippen MR) is 113 cm³/mol. The molecule has 152 valence electrons. The molecule has 0 saturated heterocycles. The largest absolute Gasteiger partial charge is 0.455 e. The minimum atomic E-state index is -0.516. The second-order valence-electron chi connectivity index (χ2n) is 6.70. The first-order valence-corrected chi connectivity index (χ1v) is 9.27. The third kappa shape index (κ3) is 5.51. The number of nitro benzene ring substituents is 1. The predicted octanol–water partition coefficient (Wildman–Crippen LogP) is 4.29. The number of anilines is 1. The number of ether oxygens (including phenoxy) is 1. The molecule has 0 aliphatic heterocycles. The Morgan fingerprint density at radius 3 is 2.27 bits per heavy atom. The van der Waals surface area contributed by atoms with Crippen molar-refractivity contribution in [1.29, 1.82) is 0 Å². The lowest BCUT2D eigenvalue weighted by Crippen LogP contribution is -2.22. The number of hydrogen-bond donors (Lipinski definition) is 1. The maximum atomic E-state index is 12.0. The number of aryl methyl sites for hydroxylation is 1. The summed E-state index contributed by atoms with van der Waals surface area (Å²) in [6.07, 6.45) is 0.0545. The summed E-state index contributed by atoms with van der Waals surface area (Å²) < 4.78 is 5.04. The Morgan fingerprint density at radius 2 is 1.63 bits per heavy atom. The van der Waals surface area contributed by atoms with Crippen LogP contribution in [0.5, 0.6) is 0 Å². The van der Waals surface area contributed by atoms with E-state index in [1.54, 1.807) is 6.92 Å². The maximum absolute atomic E-state index is 12.0. The molecular formula is C23H20N2O5. The number of nitrogens with zero attached hydrogens (tertiary/aromatic N) is 1. The smallest absolute Gasteiger partial charge is 0.310 e. The minimum absolute atomic E-state index is 0.0545. The molecule has 3 aromatic rings. The van der Waals surface area contributed by atoms with Crippen LogP contribution < -0.4 is 5.32 Å². The van der Waals surface area contributed by atoms with Gasteiger partial charge in [-0.2, -0.15) is 0 Å². The van der Waals surface area contributed by atoms with Crippen molar-refractivity contribution in [1.82, 2.24) is 0 Å². The van der Waals surface area contributed by atoms with Crippen molar-refractivity contribution in [2.45, 2.75) is 13.3 Å². The normalized spacial score (nSPS) is 10.3. The molecule has 0 spiro atoms. The van der Waals surface area contributed by atoms with Gasteiger partial charge in [0.15, 0.2) is 6.61 Å². The molecule has 0 aromatic heterocycles. The quantitative estimate of drug-likeness (QED) is 0.360. The minimum Gasteiger partial charge on any atom is -0.455 e. The molecule has 0 radical (unpaired) electrons. The summed E-state index contributed by atoms with van der Waals surface area (Å²) in [5, 5.41) is 13.3. The zero-order valence-corrected chi connectivity index (χ0v) is 16.3. The fourth-order valence-electron chi connectivity index (χ4n) is 2.90. The van der Waals surface area contributed by atoms with Gasteiger partial charge in [0.25, 0.3) is 11.6 Å². The van der Waals surface area contributed by atoms with Crippen molar-refractivity contribution in [3.8, 4) is 11.1 Å². The summed E-state index contributed by atoms with van der Waals surface area (Å²) in [7, 11) is 0. The number of nitro groups is 1. The summed E-state index contributed by atoms with van der Waals surface area (Å²) in [4.78, 5) is 34.3. The first kappa shape index (κ1) is 20.7.